The summed E-state index contributed by atoms with van der Waals surface area (Å²) in [7, 11) is 1.67. The summed E-state index contributed by atoms with van der Waals surface area (Å²) in [6.45, 7) is 0. The van der Waals surface area contributed by atoms with Crippen molar-refractivity contribution in [2.24, 2.45) is 0 Å². The fraction of sp³-hybridized carbons (Fsp3) is 0.105. The van der Waals surface area contributed by atoms with Crippen LogP contribution in [-0.4, -0.2) is 18.0 Å². The van der Waals surface area contributed by atoms with Gasteiger partial charge in [-0.3, -0.25) is 4.79 Å². The van der Waals surface area contributed by atoms with Crippen LogP contribution in [0.5, 0.6) is 5.75 Å². The number of rotatable bonds is 3. The highest BCUT2D eigenvalue weighted by atomic mass is 32.2. The molecule has 0 saturated heterocycles. The van der Waals surface area contributed by atoms with Crippen LogP contribution in [0, 0.1) is 0 Å². The molecule has 2 aromatic carbocycles. The predicted molar refractivity (Wildman–Crippen MR) is 91.9 cm³/mol. The molecule has 23 heavy (non-hydrogen) atoms. The number of fused-ring (bicyclic) bond motifs is 3. The Kier molecular flexibility index (Phi) is 3.46. The molecule has 0 N–H and O–H groups in total. The van der Waals surface area contributed by atoms with E-state index in [1.807, 2.05) is 48.2 Å². The van der Waals surface area contributed by atoms with Crippen LogP contribution in [0.1, 0.15) is 27.0 Å². The molecular weight excluding hydrogens is 306 g/mol. The molecule has 1 aliphatic heterocycles. The first-order valence-electron chi connectivity index (χ1n) is 7.38. The maximum absolute atomic E-state index is 11.4. The Labute approximate surface area is 138 Å². The van der Waals surface area contributed by atoms with E-state index in [1.54, 1.807) is 7.11 Å². The van der Waals surface area contributed by atoms with Crippen molar-refractivity contribution in [1.82, 2.24) is 4.57 Å². The summed E-state index contributed by atoms with van der Waals surface area (Å²) < 4.78 is 7.31. The largest absolute Gasteiger partial charge is 0.497 e. The number of benzene rings is 2. The summed E-state index contributed by atoms with van der Waals surface area (Å²) in [4.78, 5) is 12.6. The maximum atomic E-state index is 11.4. The molecule has 0 bridgehead atoms. The monoisotopic (exact) mass is 321 g/mol. The van der Waals surface area contributed by atoms with Gasteiger partial charge in [-0.2, -0.15) is 0 Å². The Morgan fingerprint density at radius 2 is 1.83 bits per heavy atom. The Morgan fingerprint density at radius 3 is 2.57 bits per heavy atom. The molecule has 0 radical (unpaired) electrons. The van der Waals surface area contributed by atoms with Crippen LogP contribution >= 0.6 is 11.8 Å². The zero-order chi connectivity index (χ0) is 15.8. The van der Waals surface area contributed by atoms with Crippen molar-refractivity contribution in [3.8, 4) is 11.4 Å². The first-order chi connectivity index (χ1) is 11.3. The van der Waals surface area contributed by atoms with Gasteiger partial charge in [-0.05, 0) is 42.0 Å². The third-order valence-electron chi connectivity index (χ3n) is 4.10. The second-order valence-corrected chi connectivity index (χ2v) is 6.52. The second-order valence-electron chi connectivity index (χ2n) is 5.38. The minimum absolute atomic E-state index is 0.157. The molecule has 1 aliphatic rings. The first kappa shape index (κ1) is 14.2. The van der Waals surface area contributed by atoms with E-state index in [0.717, 1.165) is 23.4 Å². The molecule has 0 saturated carbocycles. The van der Waals surface area contributed by atoms with Crippen LogP contribution in [-0.2, 0) is 0 Å². The third-order valence-corrected chi connectivity index (χ3v) is 5.45. The quantitative estimate of drug-likeness (QED) is 0.666. The van der Waals surface area contributed by atoms with Gasteiger partial charge in [-0.15, -0.1) is 11.8 Å². The highest BCUT2D eigenvalue weighted by molar-refractivity contribution is 8.00. The highest BCUT2D eigenvalue weighted by Gasteiger charge is 2.28. The van der Waals surface area contributed by atoms with Gasteiger partial charge in [-0.1, -0.05) is 24.3 Å². The van der Waals surface area contributed by atoms with Gasteiger partial charge in [0.15, 0.2) is 6.29 Å². The predicted octanol–water partition coefficient (Wildman–Crippen LogP) is 4.49. The van der Waals surface area contributed by atoms with Crippen LogP contribution in [0.4, 0.5) is 0 Å². The number of carbonyl (C=O) groups is 1. The zero-order valence-corrected chi connectivity index (χ0v) is 13.4. The zero-order valence-electron chi connectivity index (χ0n) is 12.6. The lowest BCUT2D eigenvalue weighted by molar-refractivity contribution is 0.111. The Balaban J connectivity index is 1.87. The average molecular weight is 321 g/mol. The van der Waals surface area contributed by atoms with Crippen molar-refractivity contribution in [1.29, 1.82) is 0 Å². The van der Waals surface area contributed by atoms with Gasteiger partial charge >= 0.3 is 0 Å². The topological polar surface area (TPSA) is 31.2 Å². The van der Waals surface area contributed by atoms with Crippen molar-refractivity contribution in [2.45, 2.75) is 10.1 Å². The lowest BCUT2D eigenvalue weighted by atomic mass is 10.1. The molecule has 0 unspecified atom stereocenters. The van der Waals surface area contributed by atoms with E-state index in [1.165, 1.54) is 10.5 Å². The van der Waals surface area contributed by atoms with Gasteiger partial charge in [-0.25, -0.2) is 0 Å². The fourth-order valence-corrected chi connectivity index (χ4v) is 4.28. The lowest BCUT2D eigenvalue weighted by Crippen LogP contribution is -2.13. The van der Waals surface area contributed by atoms with Crippen LogP contribution < -0.4 is 4.74 Å². The molecule has 1 atom stereocenters. The van der Waals surface area contributed by atoms with Gasteiger partial charge in [0.1, 0.15) is 5.75 Å². The number of methoxy groups -OCH3 is 1. The maximum Gasteiger partial charge on any atom is 0.166 e. The normalized spacial score (nSPS) is 15.6. The van der Waals surface area contributed by atoms with E-state index in [9.17, 15) is 4.79 Å². The molecule has 0 amide bonds. The van der Waals surface area contributed by atoms with E-state index < -0.39 is 0 Å². The van der Waals surface area contributed by atoms with Crippen LogP contribution in [0.15, 0.2) is 65.6 Å². The number of carbonyl (C=O) groups excluding carboxylic acids is 1. The molecule has 114 valence electrons. The van der Waals surface area contributed by atoms with Gasteiger partial charge < -0.3 is 9.30 Å². The Hall–Kier alpha value is -2.46. The number of aldehydes is 1. The summed E-state index contributed by atoms with van der Waals surface area (Å²) in [5.41, 5.74) is 4.08. The van der Waals surface area contributed by atoms with Gasteiger partial charge in [0.2, 0.25) is 0 Å². The van der Waals surface area contributed by atoms with E-state index in [4.69, 9.17) is 4.74 Å². The Bertz CT molecular complexity index is 867. The number of ether oxygens (including phenoxy) is 1. The highest BCUT2D eigenvalue weighted by Crippen LogP contribution is 2.48. The molecular formula is C19H15NO2S. The Morgan fingerprint density at radius 1 is 1.04 bits per heavy atom. The minimum Gasteiger partial charge on any atom is -0.497 e. The molecule has 4 rings (SSSR count). The van der Waals surface area contributed by atoms with Crippen molar-refractivity contribution in [2.75, 3.05) is 7.11 Å². The van der Waals surface area contributed by atoms with Gasteiger partial charge in [0, 0.05) is 10.6 Å². The SMILES string of the molecule is COc1ccc([C@@H]2Sc3ccccc3-n3c(C=O)ccc32)cc1. The van der Waals surface area contributed by atoms with E-state index in [2.05, 4.69) is 28.8 Å². The molecule has 3 nitrogen and oxygen atoms in total. The average Bonchev–Trinajstić information content (AvgIpc) is 3.05. The van der Waals surface area contributed by atoms with Crippen molar-refractivity contribution < 1.29 is 9.53 Å². The van der Waals surface area contributed by atoms with Crippen LogP contribution in [0.2, 0.25) is 0 Å². The van der Waals surface area contributed by atoms with Gasteiger partial charge in [0.05, 0.1) is 23.7 Å². The molecule has 4 heteroatoms. The molecule has 0 aliphatic carbocycles. The smallest absolute Gasteiger partial charge is 0.166 e. The standard InChI is InChI=1S/C19H15NO2S/c1-22-15-9-6-13(7-10-15)19-17-11-8-14(12-21)20(17)16-4-2-3-5-18(16)23-19/h2-12,19H,1H3/t19-/m0/s1. The van der Waals surface area contributed by atoms with E-state index in [0.29, 0.717) is 5.69 Å². The molecule has 2 heterocycles. The number of aromatic nitrogens is 1. The van der Waals surface area contributed by atoms with Crippen molar-refractivity contribution >= 4 is 18.0 Å². The first-order valence-corrected chi connectivity index (χ1v) is 8.26. The number of nitrogens with zero attached hydrogens (tertiary/aromatic N) is 1. The molecule has 1 aromatic heterocycles. The second kappa shape index (κ2) is 5.63. The number of para-hydroxylation sites is 1. The number of thioether (sulfide) groups is 1. The number of hydrogen-bond acceptors (Lipinski definition) is 3. The molecule has 0 spiro atoms. The van der Waals surface area contributed by atoms with E-state index >= 15 is 0 Å². The van der Waals surface area contributed by atoms with Crippen LogP contribution in [0.3, 0.4) is 0 Å². The van der Waals surface area contributed by atoms with Crippen LogP contribution in [0.25, 0.3) is 5.69 Å². The lowest BCUT2D eigenvalue weighted by Gasteiger charge is -2.27. The van der Waals surface area contributed by atoms with Crippen molar-refractivity contribution in [3.05, 3.63) is 77.6 Å². The summed E-state index contributed by atoms with van der Waals surface area (Å²) in [5.74, 6) is 0.846. The minimum atomic E-state index is 0.157. The summed E-state index contributed by atoms with van der Waals surface area (Å²) in [6, 6.07) is 20.3. The summed E-state index contributed by atoms with van der Waals surface area (Å²) in [6.07, 6.45) is 0.918. The third kappa shape index (κ3) is 2.26. The summed E-state index contributed by atoms with van der Waals surface area (Å²) in [5, 5.41) is 0.157. The van der Waals surface area contributed by atoms with E-state index in [-0.39, 0.29) is 5.25 Å². The fourth-order valence-electron chi connectivity index (χ4n) is 2.99. The van der Waals surface area contributed by atoms with Crippen molar-refractivity contribution in [3.63, 3.8) is 0 Å². The summed E-state index contributed by atoms with van der Waals surface area (Å²) >= 11 is 1.81. The number of hydrogen-bond donors (Lipinski definition) is 0. The molecule has 3 aromatic rings. The van der Waals surface area contributed by atoms with Gasteiger partial charge in [0.25, 0.3) is 0 Å². The molecule has 0 fully saturated rings.